The van der Waals surface area contributed by atoms with Gasteiger partial charge in [0.05, 0.1) is 24.9 Å². The van der Waals surface area contributed by atoms with Crippen molar-refractivity contribution in [2.45, 2.75) is 34.2 Å². The predicted molar refractivity (Wildman–Crippen MR) is 121 cm³/mol. The molecule has 2 aromatic carbocycles. The number of anilines is 1. The normalized spacial score (nSPS) is 10.9. The van der Waals surface area contributed by atoms with E-state index in [0.717, 1.165) is 22.4 Å². The lowest BCUT2D eigenvalue weighted by atomic mass is 10.1. The molecular weight excluding hydrogens is 406 g/mol. The molecule has 8 heteroatoms. The van der Waals surface area contributed by atoms with E-state index in [4.69, 9.17) is 9.15 Å². The summed E-state index contributed by atoms with van der Waals surface area (Å²) in [6, 6.07) is 13.4. The Balaban J connectivity index is 1.55. The Labute approximate surface area is 186 Å². The van der Waals surface area contributed by atoms with Gasteiger partial charge in [-0.2, -0.15) is 0 Å². The van der Waals surface area contributed by atoms with Crippen LogP contribution in [0.15, 0.2) is 46.9 Å². The summed E-state index contributed by atoms with van der Waals surface area (Å²) in [7, 11) is 1.61. The Bertz CT molecular complexity index is 1270. The van der Waals surface area contributed by atoms with Crippen LogP contribution in [-0.4, -0.2) is 33.0 Å². The number of methoxy groups -OCH3 is 1. The number of aromatic nitrogens is 4. The molecule has 0 spiro atoms. The lowest BCUT2D eigenvalue weighted by Crippen LogP contribution is -2.14. The summed E-state index contributed by atoms with van der Waals surface area (Å²) in [5, 5.41) is 11.2. The maximum absolute atomic E-state index is 12.8. The molecule has 4 rings (SSSR count). The highest BCUT2D eigenvalue weighted by Crippen LogP contribution is 2.30. The number of nitrogens with zero attached hydrogens (tertiary/aromatic N) is 4. The van der Waals surface area contributed by atoms with Gasteiger partial charge in [-0.3, -0.25) is 4.79 Å². The third-order valence-electron chi connectivity index (χ3n) is 5.21. The van der Waals surface area contributed by atoms with E-state index in [9.17, 15) is 4.79 Å². The van der Waals surface area contributed by atoms with E-state index in [0.29, 0.717) is 35.3 Å². The zero-order chi connectivity index (χ0) is 22.8. The number of amides is 1. The van der Waals surface area contributed by atoms with Crippen molar-refractivity contribution in [1.29, 1.82) is 0 Å². The van der Waals surface area contributed by atoms with Gasteiger partial charge in [-0.1, -0.05) is 23.4 Å². The van der Waals surface area contributed by atoms with E-state index in [2.05, 4.69) is 26.7 Å². The topological polar surface area (TPSA) is 95.1 Å². The summed E-state index contributed by atoms with van der Waals surface area (Å²) in [6.07, 6.45) is 0. The molecule has 2 heterocycles. The van der Waals surface area contributed by atoms with Gasteiger partial charge in [-0.05, 0) is 63.1 Å². The van der Waals surface area contributed by atoms with Crippen molar-refractivity contribution in [3.8, 4) is 17.2 Å². The van der Waals surface area contributed by atoms with Gasteiger partial charge < -0.3 is 14.5 Å². The van der Waals surface area contributed by atoms with Gasteiger partial charge in [-0.25, -0.2) is 9.67 Å². The van der Waals surface area contributed by atoms with Crippen molar-refractivity contribution >= 4 is 11.6 Å². The van der Waals surface area contributed by atoms with Crippen LogP contribution in [-0.2, 0) is 6.54 Å². The summed E-state index contributed by atoms with van der Waals surface area (Å²) in [6.45, 7) is 7.97. The number of benzene rings is 2. The predicted octanol–water partition coefficient (Wildman–Crippen LogP) is 4.48. The fraction of sp³-hybridized carbons (Fsp3) is 0.250. The second-order valence-electron chi connectivity index (χ2n) is 7.73. The van der Waals surface area contributed by atoms with E-state index in [1.165, 1.54) is 0 Å². The maximum atomic E-state index is 12.8. The molecule has 0 aliphatic carbocycles. The van der Waals surface area contributed by atoms with Gasteiger partial charge in [0.2, 0.25) is 5.89 Å². The van der Waals surface area contributed by atoms with Crippen molar-refractivity contribution in [3.63, 3.8) is 0 Å². The highest BCUT2D eigenvalue weighted by atomic mass is 16.5. The third kappa shape index (κ3) is 4.25. The van der Waals surface area contributed by atoms with Crippen LogP contribution < -0.4 is 10.1 Å². The van der Waals surface area contributed by atoms with E-state index >= 15 is 0 Å². The minimum atomic E-state index is -0.301. The second-order valence-corrected chi connectivity index (χ2v) is 7.73. The molecule has 0 atom stereocenters. The number of nitrogens with one attached hydrogen (secondary N) is 1. The summed E-state index contributed by atoms with van der Waals surface area (Å²) >= 11 is 0. The second kappa shape index (κ2) is 8.66. The average molecular weight is 431 g/mol. The molecule has 2 aromatic heterocycles. The third-order valence-corrected chi connectivity index (χ3v) is 5.21. The number of rotatable bonds is 6. The number of carbonyl (C=O) groups excluding carboxylic acids is 1. The number of hydrogen-bond donors (Lipinski definition) is 1. The summed E-state index contributed by atoms with van der Waals surface area (Å²) < 4.78 is 12.9. The van der Waals surface area contributed by atoms with Crippen LogP contribution in [0.25, 0.3) is 11.5 Å². The Morgan fingerprint density at radius 3 is 2.53 bits per heavy atom. The average Bonchev–Trinajstić information content (AvgIpc) is 3.30. The summed E-state index contributed by atoms with van der Waals surface area (Å²) in [5.41, 5.74) is 5.29. The quantitative estimate of drug-likeness (QED) is 0.484. The summed E-state index contributed by atoms with van der Waals surface area (Å²) in [4.78, 5) is 17.4. The Hall–Kier alpha value is -3.94. The number of oxazole rings is 1. The van der Waals surface area contributed by atoms with Crippen molar-refractivity contribution in [2.24, 2.45) is 0 Å². The van der Waals surface area contributed by atoms with Crippen LogP contribution in [0.4, 0.5) is 5.69 Å². The molecule has 0 aliphatic rings. The van der Waals surface area contributed by atoms with Gasteiger partial charge in [-0.15, -0.1) is 5.10 Å². The molecule has 0 bridgehead atoms. The largest absolute Gasteiger partial charge is 0.496 e. The number of hydrogen-bond acceptors (Lipinski definition) is 6. The summed E-state index contributed by atoms with van der Waals surface area (Å²) in [5.74, 6) is 1.52. The fourth-order valence-corrected chi connectivity index (χ4v) is 3.61. The molecule has 1 amide bonds. The van der Waals surface area contributed by atoms with Crippen molar-refractivity contribution < 1.29 is 13.9 Å². The first-order chi connectivity index (χ1) is 15.4. The first-order valence-electron chi connectivity index (χ1n) is 10.2. The zero-order valence-electron chi connectivity index (χ0n) is 18.8. The highest BCUT2D eigenvalue weighted by Gasteiger charge is 2.20. The molecule has 0 unspecified atom stereocenters. The van der Waals surface area contributed by atoms with E-state index in [1.807, 2.05) is 64.1 Å². The maximum Gasteiger partial charge on any atom is 0.278 e. The van der Waals surface area contributed by atoms with Gasteiger partial charge in [0.15, 0.2) is 5.69 Å². The van der Waals surface area contributed by atoms with Crippen LogP contribution in [0.3, 0.4) is 0 Å². The van der Waals surface area contributed by atoms with Crippen molar-refractivity contribution in [2.75, 3.05) is 12.4 Å². The van der Waals surface area contributed by atoms with Gasteiger partial charge >= 0.3 is 0 Å². The van der Waals surface area contributed by atoms with Crippen LogP contribution in [0.1, 0.15) is 38.8 Å². The zero-order valence-corrected chi connectivity index (χ0v) is 18.8. The molecule has 0 saturated heterocycles. The fourth-order valence-electron chi connectivity index (χ4n) is 3.61. The molecule has 0 saturated carbocycles. The van der Waals surface area contributed by atoms with Gasteiger partial charge in [0.1, 0.15) is 17.2 Å². The van der Waals surface area contributed by atoms with E-state index in [-0.39, 0.29) is 11.6 Å². The molecule has 164 valence electrons. The minimum Gasteiger partial charge on any atom is -0.496 e. The smallest absolute Gasteiger partial charge is 0.278 e. The first-order valence-corrected chi connectivity index (χ1v) is 10.2. The van der Waals surface area contributed by atoms with E-state index in [1.54, 1.807) is 11.8 Å². The molecule has 8 nitrogen and oxygen atoms in total. The lowest BCUT2D eigenvalue weighted by Gasteiger charge is -2.07. The number of para-hydroxylation sites is 1. The van der Waals surface area contributed by atoms with E-state index < -0.39 is 0 Å². The number of ether oxygens (including phenoxy) is 1. The van der Waals surface area contributed by atoms with Crippen molar-refractivity contribution in [3.05, 3.63) is 76.4 Å². The molecule has 0 fully saturated rings. The molecule has 32 heavy (non-hydrogen) atoms. The lowest BCUT2D eigenvalue weighted by molar-refractivity contribution is 0.102. The van der Waals surface area contributed by atoms with Gasteiger partial charge in [0.25, 0.3) is 5.91 Å². The highest BCUT2D eigenvalue weighted by molar-refractivity contribution is 6.03. The molecule has 0 radical (unpaired) electrons. The molecule has 0 aliphatic heterocycles. The van der Waals surface area contributed by atoms with Crippen LogP contribution in [0.5, 0.6) is 5.75 Å². The molecular formula is C24H25N5O3. The Morgan fingerprint density at radius 2 is 1.81 bits per heavy atom. The number of carbonyl (C=O) groups is 1. The standard InChI is InChI=1S/C24H25N5O3/c1-14-10-15(2)12-18(11-14)25-23(30)22-16(3)29(28-27-22)13-20-17(4)32-24(26-20)19-8-6-7-9-21(19)31-5/h6-12H,13H2,1-5H3,(H,25,30). The van der Waals surface area contributed by atoms with Crippen molar-refractivity contribution in [1.82, 2.24) is 20.0 Å². The SMILES string of the molecule is COc1ccccc1-c1nc(Cn2nnc(C(=O)Nc3cc(C)cc(C)c3)c2C)c(C)o1. The van der Waals surface area contributed by atoms with Crippen LogP contribution in [0.2, 0.25) is 0 Å². The Kier molecular flexibility index (Phi) is 5.77. The van der Waals surface area contributed by atoms with Crippen LogP contribution in [0, 0.1) is 27.7 Å². The monoisotopic (exact) mass is 431 g/mol. The van der Waals surface area contributed by atoms with Gasteiger partial charge in [0, 0.05) is 5.69 Å². The molecule has 1 N–H and O–H groups in total. The first kappa shape index (κ1) is 21.3. The van der Waals surface area contributed by atoms with Crippen LogP contribution >= 0.6 is 0 Å². The number of aryl methyl sites for hydroxylation is 3. The molecule has 4 aromatic rings. The minimum absolute atomic E-state index is 0.273. The Morgan fingerprint density at radius 1 is 1.09 bits per heavy atom.